The van der Waals surface area contributed by atoms with Crippen molar-refractivity contribution >= 4 is 22.8 Å². The lowest BCUT2D eigenvalue weighted by Crippen LogP contribution is -2.30. The van der Waals surface area contributed by atoms with E-state index in [1.54, 1.807) is 6.33 Å². The van der Waals surface area contributed by atoms with Crippen LogP contribution in [0.3, 0.4) is 0 Å². The van der Waals surface area contributed by atoms with Crippen LogP contribution < -0.4 is 10.2 Å². The Balaban J connectivity index is 1.40. The van der Waals surface area contributed by atoms with E-state index < -0.39 is 0 Å². The fourth-order valence-electron chi connectivity index (χ4n) is 4.47. The average Bonchev–Trinajstić information content (AvgIpc) is 3.34. The van der Waals surface area contributed by atoms with Crippen molar-refractivity contribution in [3.63, 3.8) is 0 Å². The Kier molecular flexibility index (Phi) is 4.28. The van der Waals surface area contributed by atoms with Gasteiger partial charge < -0.3 is 15.2 Å². The van der Waals surface area contributed by atoms with Crippen LogP contribution in [0.15, 0.2) is 48.8 Å². The molecular weight excluding hydrogens is 350 g/mol. The molecule has 0 saturated carbocycles. The summed E-state index contributed by atoms with van der Waals surface area (Å²) in [5, 5.41) is 2.99. The van der Waals surface area contributed by atoms with Crippen molar-refractivity contribution < 1.29 is 4.79 Å². The van der Waals surface area contributed by atoms with E-state index >= 15 is 0 Å². The molecule has 2 saturated heterocycles. The zero-order chi connectivity index (χ0) is 19.1. The molecule has 2 aliphatic rings. The van der Waals surface area contributed by atoms with Crippen LogP contribution in [0.1, 0.15) is 35.9 Å². The first kappa shape index (κ1) is 17.3. The van der Waals surface area contributed by atoms with Crippen molar-refractivity contribution in [1.82, 2.24) is 20.2 Å². The first-order chi connectivity index (χ1) is 13.7. The van der Waals surface area contributed by atoms with Crippen LogP contribution in [0.5, 0.6) is 0 Å². The number of H-pyrrole nitrogens is 1. The number of piperidine rings is 1. The molecule has 1 atom stereocenters. The molecule has 2 amide bonds. The second-order valence-corrected chi connectivity index (χ2v) is 7.92. The summed E-state index contributed by atoms with van der Waals surface area (Å²) in [6, 6.07) is 14.8. The summed E-state index contributed by atoms with van der Waals surface area (Å²) in [5.74, 6) is 0.645. The monoisotopic (exact) mass is 375 g/mol. The van der Waals surface area contributed by atoms with E-state index in [0.717, 1.165) is 35.4 Å². The molecule has 6 nitrogen and oxygen atoms in total. The van der Waals surface area contributed by atoms with Gasteiger partial charge in [-0.1, -0.05) is 24.3 Å². The SMILES string of the molecule is CN1CCC(c2ccc([C@H]3CNC(=O)N3c3ccc4[nH]cnc4c3)cc2)CC1. The number of fused-ring (bicyclic) bond motifs is 1. The highest BCUT2D eigenvalue weighted by molar-refractivity contribution is 5.97. The number of likely N-dealkylation sites (tertiary alicyclic amines) is 1. The summed E-state index contributed by atoms with van der Waals surface area (Å²) < 4.78 is 0. The molecule has 5 rings (SSSR count). The van der Waals surface area contributed by atoms with Gasteiger partial charge >= 0.3 is 6.03 Å². The minimum absolute atomic E-state index is 0.00423. The van der Waals surface area contributed by atoms with E-state index in [0.29, 0.717) is 12.5 Å². The van der Waals surface area contributed by atoms with Gasteiger partial charge in [-0.05, 0) is 68.2 Å². The van der Waals surface area contributed by atoms with Gasteiger partial charge in [0, 0.05) is 12.2 Å². The Morgan fingerprint density at radius 1 is 1.04 bits per heavy atom. The lowest BCUT2D eigenvalue weighted by atomic mass is 9.88. The smallest absolute Gasteiger partial charge is 0.322 e. The number of amides is 2. The van der Waals surface area contributed by atoms with Gasteiger partial charge in [-0.2, -0.15) is 0 Å². The molecule has 0 unspecified atom stereocenters. The molecule has 3 heterocycles. The molecule has 2 N–H and O–H groups in total. The molecule has 0 radical (unpaired) electrons. The molecule has 1 aromatic heterocycles. The minimum Gasteiger partial charge on any atom is -0.345 e. The van der Waals surface area contributed by atoms with Crippen molar-refractivity contribution in [3.05, 3.63) is 59.9 Å². The zero-order valence-electron chi connectivity index (χ0n) is 16.1. The van der Waals surface area contributed by atoms with Crippen LogP contribution in [0.2, 0.25) is 0 Å². The third kappa shape index (κ3) is 3.03. The van der Waals surface area contributed by atoms with Gasteiger partial charge in [-0.15, -0.1) is 0 Å². The van der Waals surface area contributed by atoms with Crippen LogP contribution >= 0.6 is 0 Å². The number of urea groups is 1. The Morgan fingerprint density at radius 3 is 2.57 bits per heavy atom. The highest BCUT2D eigenvalue weighted by atomic mass is 16.2. The molecular formula is C22H25N5O. The number of aromatic amines is 1. The first-order valence-corrected chi connectivity index (χ1v) is 9.97. The maximum Gasteiger partial charge on any atom is 0.322 e. The summed E-state index contributed by atoms with van der Waals surface area (Å²) in [6.45, 7) is 2.94. The zero-order valence-corrected chi connectivity index (χ0v) is 16.1. The van der Waals surface area contributed by atoms with Crippen LogP contribution in [0.25, 0.3) is 11.0 Å². The standard InChI is InChI=1S/C22H25N5O/c1-26-10-8-16(9-11-26)15-2-4-17(5-3-15)21-13-23-22(28)27(21)18-6-7-19-20(12-18)25-14-24-19/h2-7,12,14,16,21H,8-11,13H2,1H3,(H,23,28)(H,24,25)/t21-/m1/s1. The van der Waals surface area contributed by atoms with Crippen LogP contribution in [-0.2, 0) is 0 Å². The summed E-state index contributed by atoms with van der Waals surface area (Å²) >= 11 is 0. The lowest BCUT2D eigenvalue weighted by Gasteiger charge is -2.29. The first-order valence-electron chi connectivity index (χ1n) is 9.97. The predicted octanol–water partition coefficient (Wildman–Crippen LogP) is 3.64. The van der Waals surface area contributed by atoms with Gasteiger partial charge in [0.15, 0.2) is 0 Å². The van der Waals surface area contributed by atoms with E-state index in [-0.39, 0.29) is 12.1 Å². The summed E-state index contributed by atoms with van der Waals surface area (Å²) in [5.41, 5.74) is 5.30. The molecule has 3 aromatic rings. The van der Waals surface area contributed by atoms with Gasteiger partial charge in [0.1, 0.15) is 0 Å². The van der Waals surface area contributed by atoms with Crippen molar-refractivity contribution in [1.29, 1.82) is 0 Å². The second-order valence-electron chi connectivity index (χ2n) is 7.92. The largest absolute Gasteiger partial charge is 0.345 e. The Labute approximate surface area is 164 Å². The molecule has 0 bridgehead atoms. The third-order valence-electron chi connectivity index (χ3n) is 6.17. The van der Waals surface area contributed by atoms with Gasteiger partial charge in [0.25, 0.3) is 0 Å². The summed E-state index contributed by atoms with van der Waals surface area (Å²) in [4.78, 5) is 24.2. The summed E-state index contributed by atoms with van der Waals surface area (Å²) in [6.07, 6.45) is 4.11. The third-order valence-corrected chi connectivity index (χ3v) is 6.17. The van der Waals surface area contributed by atoms with E-state index in [9.17, 15) is 4.79 Å². The maximum atomic E-state index is 12.6. The summed E-state index contributed by atoms with van der Waals surface area (Å²) in [7, 11) is 2.19. The van der Waals surface area contributed by atoms with E-state index in [1.807, 2.05) is 23.1 Å². The van der Waals surface area contributed by atoms with E-state index in [2.05, 4.69) is 51.5 Å². The van der Waals surface area contributed by atoms with Crippen LogP contribution in [0, 0.1) is 0 Å². The van der Waals surface area contributed by atoms with Crippen LogP contribution in [0.4, 0.5) is 10.5 Å². The number of nitrogens with one attached hydrogen (secondary N) is 2. The Bertz CT molecular complexity index is 988. The van der Waals surface area contributed by atoms with Crippen molar-refractivity contribution in [2.24, 2.45) is 0 Å². The topological polar surface area (TPSA) is 64.3 Å². The molecule has 2 fully saturated rings. The predicted molar refractivity (Wildman–Crippen MR) is 111 cm³/mol. The second kappa shape index (κ2) is 6.95. The molecule has 28 heavy (non-hydrogen) atoms. The van der Waals surface area contributed by atoms with Gasteiger partial charge in [0.05, 0.1) is 23.4 Å². The lowest BCUT2D eigenvalue weighted by molar-refractivity contribution is 0.251. The van der Waals surface area contributed by atoms with Crippen molar-refractivity contribution in [2.75, 3.05) is 31.6 Å². The Morgan fingerprint density at radius 2 is 1.79 bits per heavy atom. The minimum atomic E-state index is -0.0562. The average molecular weight is 375 g/mol. The van der Waals surface area contributed by atoms with E-state index in [4.69, 9.17) is 0 Å². The van der Waals surface area contributed by atoms with Crippen LogP contribution in [-0.4, -0.2) is 47.6 Å². The number of nitrogens with zero attached hydrogens (tertiary/aromatic N) is 3. The number of imidazole rings is 1. The highest BCUT2D eigenvalue weighted by Crippen LogP contribution is 2.34. The molecule has 0 aliphatic carbocycles. The van der Waals surface area contributed by atoms with E-state index in [1.165, 1.54) is 18.4 Å². The number of aromatic nitrogens is 2. The van der Waals surface area contributed by atoms with Gasteiger partial charge in [-0.3, -0.25) is 4.90 Å². The Hall–Kier alpha value is -2.86. The number of carbonyl (C=O) groups excluding carboxylic acids is 1. The number of carbonyl (C=O) groups is 1. The van der Waals surface area contributed by atoms with Gasteiger partial charge in [-0.25, -0.2) is 9.78 Å². The molecule has 0 spiro atoms. The van der Waals surface area contributed by atoms with Gasteiger partial charge in [0.2, 0.25) is 0 Å². The molecule has 6 heteroatoms. The highest BCUT2D eigenvalue weighted by Gasteiger charge is 2.33. The fourth-order valence-corrected chi connectivity index (χ4v) is 4.47. The number of hydrogen-bond acceptors (Lipinski definition) is 3. The normalized spacial score (nSPS) is 21.4. The molecule has 2 aromatic carbocycles. The fraction of sp³-hybridized carbons (Fsp3) is 0.364. The number of rotatable bonds is 3. The number of benzene rings is 2. The number of hydrogen-bond donors (Lipinski definition) is 2. The van der Waals surface area contributed by atoms with Crippen molar-refractivity contribution in [3.8, 4) is 0 Å². The quantitative estimate of drug-likeness (QED) is 0.735. The number of anilines is 1. The molecule has 2 aliphatic heterocycles. The molecule has 144 valence electrons. The van der Waals surface area contributed by atoms with Crippen molar-refractivity contribution in [2.45, 2.75) is 24.8 Å². The maximum absolute atomic E-state index is 12.6.